The Bertz CT molecular complexity index is 2120. The van der Waals surface area contributed by atoms with Gasteiger partial charge in [0.25, 0.3) is 11.8 Å². The number of aliphatic carboxylic acids is 1. The normalized spacial score (nSPS) is 37.1. The molecule has 6 heterocycles. The molecule has 29 nitrogen and oxygen atoms in total. The van der Waals surface area contributed by atoms with Gasteiger partial charge in [0.15, 0.2) is 23.4 Å². The first-order valence-corrected chi connectivity index (χ1v) is 25.1. The Morgan fingerprint density at radius 1 is 0.972 bits per heavy atom. The van der Waals surface area contributed by atoms with E-state index in [0.717, 1.165) is 41.8 Å². The van der Waals surface area contributed by atoms with Crippen LogP contribution in [-0.4, -0.2) is 253 Å². The van der Waals surface area contributed by atoms with Crippen molar-refractivity contribution in [2.75, 3.05) is 65.0 Å². The summed E-state index contributed by atoms with van der Waals surface area (Å²) in [5.41, 5.74) is 29.5. The number of aliphatic hydroxyl groups excluding tert-OH is 8. The van der Waals surface area contributed by atoms with Crippen LogP contribution >= 0.6 is 23.1 Å². The van der Waals surface area contributed by atoms with Crippen LogP contribution in [0.5, 0.6) is 0 Å². The zero-order valence-electron chi connectivity index (χ0n) is 39.4. The number of ether oxygens (including phenoxy) is 4. The van der Waals surface area contributed by atoms with E-state index in [4.69, 9.17) is 52.5 Å². The van der Waals surface area contributed by atoms with Crippen LogP contribution in [-0.2, 0) is 43.0 Å². The number of carboxylic acids is 1. The smallest absolute Gasteiger partial charge is 0.276 e. The molecule has 0 unspecified atom stereocenters. The minimum Gasteiger partial charge on any atom is -0.543 e. The fourth-order valence-corrected chi connectivity index (χ4v) is 11.4. The fraction of sp³-hybridized carbons (Fsp3) is 0.756. The Morgan fingerprint density at radius 2 is 1.62 bits per heavy atom. The van der Waals surface area contributed by atoms with E-state index in [1.165, 1.54) is 23.8 Å². The predicted molar refractivity (Wildman–Crippen MR) is 249 cm³/mol. The molecule has 5 aliphatic heterocycles. The van der Waals surface area contributed by atoms with Gasteiger partial charge in [0.1, 0.15) is 97.9 Å². The minimum absolute atomic E-state index is 0.0101. The fourth-order valence-electron chi connectivity index (χ4n) is 9.48. The van der Waals surface area contributed by atoms with Gasteiger partial charge in [0, 0.05) is 42.1 Å². The van der Waals surface area contributed by atoms with Gasteiger partial charge in [-0.2, -0.15) is 0 Å². The third kappa shape index (κ3) is 12.5. The summed E-state index contributed by atoms with van der Waals surface area (Å²) in [5, 5.41) is 104. The number of amides is 3. The maximum absolute atomic E-state index is 12.9. The van der Waals surface area contributed by atoms with Crippen molar-refractivity contribution in [3.63, 3.8) is 0 Å². The van der Waals surface area contributed by atoms with Crippen molar-refractivity contribution in [3.05, 3.63) is 22.3 Å². The monoisotopic (exact) mass is 1070 g/mol. The first kappa shape index (κ1) is 57.5. The molecular weight excluding hydrogens is 999 g/mol. The number of likely N-dealkylation sites (tertiary alicyclic amines) is 1. The van der Waals surface area contributed by atoms with Gasteiger partial charge < -0.3 is 118 Å². The Labute approximate surface area is 420 Å². The molecule has 5 fully saturated rings. The van der Waals surface area contributed by atoms with Gasteiger partial charge in [-0.1, -0.05) is 5.16 Å². The second-order valence-electron chi connectivity index (χ2n) is 18.6. The van der Waals surface area contributed by atoms with Crippen molar-refractivity contribution in [1.29, 1.82) is 0 Å². The first-order valence-electron chi connectivity index (χ1n) is 23.2. The lowest BCUT2D eigenvalue weighted by molar-refractivity contribution is -0.893. The molecule has 0 bridgehead atoms. The molecule has 31 heteroatoms. The number of carbonyl (C=O) groups is 4. The van der Waals surface area contributed by atoms with Crippen molar-refractivity contribution in [2.45, 2.75) is 135 Å². The van der Waals surface area contributed by atoms with E-state index in [0.29, 0.717) is 17.9 Å². The standard InChI is InChI=1S/C22H43N5O13.C19H24N6O5S2/c23-2-1-8(29)20(36)27-7-3-6(25)18(39-22-16(34)15(33)13(31)9(4-24)37-22)17(35)19(7)40-21-14(32)11(26)12(30)10(5-28)38-21;1-25(5-3-4-6-25)7-10-8-31-17-13(16(27)24(17)14(10)18(28)29)22-15(26)12(23-30-2)11-9-32-19(20)21-11/h6-19,21-22,28-35H,1-5,23-26H2,(H,27,36);9,13,17H,3-8H2,1-2H3,(H3-,20,21,22,26,28,29)/b;23-12-/t6-,7+,8-,9+,10+,11-,12+,13+,14+,15-,16+,17-,18+,19-,21+,22+;13-,17-/m01/s1. The Balaban J connectivity index is 0.000000241. The number of nitrogens with one attached hydrogen (secondary N) is 2. The molecule has 3 amide bonds. The molecule has 20 N–H and O–H groups in total. The SMILES string of the molecule is CO/N=C(\C(=O)N[C@@H]1C(=O)N2C(C(=O)[O-])=C(C[N+]3(C)CCCC3)CS[C@H]12)c1csc(N)n1.NCC[C@H](O)C(=O)N[C@@H]1C[C@H](N)[C@@H](O[C@H]2O[C@H](CN)[C@@H](O)[C@H](O)[C@H]2O)[C@H](O)[C@H]1O[C@H]1O[C@H](CO)[C@@H](O)[C@H](N)[C@H]1O. The highest BCUT2D eigenvalue weighted by Crippen LogP contribution is 2.41. The number of nitrogens with zero attached hydrogens (tertiary/aromatic N) is 4. The molecule has 6 aliphatic rings. The highest BCUT2D eigenvalue weighted by Gasteiger charge is 2.55. The van der Waals surface area contributed by atoms with Gasteiger partial charge in [-0.15, -0.1) is 23.1 Å². The number of rotatable bonds is 17. The topological polar surface area (TPSA) is 482 Å². The van der Waals surface area contributed by atoms with E-state index < -0.39 is 140 Å². The van der Waals surface area contributed by atoms with Crippen LogP contribution in [0.1, 0.15) is 31.4 Å². The quantitative estimate of drug-likeness (QED) is 0.0298. The van der Waals surface area contributed by atoms with Crippen LogP contribution in [0.3, 0.4) is 0 Å². The number of fused-ring (bicyclic) bond motifs is 1. The lowest BCUT2D eigenvalue weighted by Crippen LogP contribution is -2.71. The molecule has 18 atom stereocenters. The molecule has 0 spiro atoms. The lowest BCUT2D eigenvalue weighted by Gasteiger charge is -2.51. The first-order chi connectivity index (χ1) is 34.1. The number of hydrogen-bond donors (Lipinski definition) is 15. The molecular formula is C41H67N11O18S2. The number of aromatic nitrogens is 1. The number of β-lactam (4-membered cyclic amide) rings is 1. The van der Waals surface area contributed by atoms with Crippen LogP contribution in [0.2, 0.25) is 0 Å². The van der Waals surface area contributed by atoms with E-state index in [9.17, 15) is 65.1 Å². The van der Waals surface area contributed by atoms with Crippen LogP contribution in [0.25, 0.3) is 0 Å². The van der Waals surface area contributed by atoms with Crippen molar-refractivity contribution >= 4 is 57.6 Å². The summed E-state index contributed by atoms with van der Waals surface area (Å²) >= 11 is 2.57. The number of likely N-dealkylation sites (N-methyl/N-ethyl adjacent to an activating group) is 1. The summed E-state index contributed by atoms with van der Waals surface area (Å²) in [4.78, 5) is 60.2. The second kappa shape index (κ2) is 24.7. The van der Waals surface area contributed by atoms with Crippen molar-refractivity contribution in [2.24, 2.45) is 28.1 Å². The molecule has 1 saturated carbocycles. The highest BCUT2D eigenvalue weighted by molar-refractivity contribution is 8.00. The minimum atomic E-state index is -1.76. The van der Waals surface area contributed by atoms with E-state index >= 15 is 0 Å². The number of carboxylic acid groups (broad SMARTS) is 1. The van der Waals surface area contributed by atoms with E-state index in [-0.39, 0.29) is 48.2 Å². The number of quaternary nitrogens is 1. The van der Waals surface area contributed by atoms with E-state index in [1.807, 2.05) is 0 Å². The summed E-state index contributed by atoms with van der Waals surface area (Å²) in [6.07, 6.45) is -17.6. The maximum atomic E-state index is 12.9. The number of anilines is 1. The summed E-state index contributed by atoms with van der Waals surface area (Å²) in [5.74, 6) is -2.91. The van der Waals surface area contributed by atoms with Crippen LogP contribution in [0.4, 0.5) is 5.13 Å². The van der Waals surface area contributed by atoms with Gasteiger partial charge in [-0.3, -0.25) is 19.3 Å². The van der Waals surface area contributed by atoms with Crippen LogP contribution < -0.4 is 44.4 Å². The summed E-state index contributed by atoms with van der Waals surface area (Å²) in [7, 11) is 3.39. The Kier molecular flexibility index (Phi) is 19.7. The van der Waals surface area contributed by atoms with Gasteiger partial charge in [-0.25, -0.2) is 4.98 Å². The van der Waals surface area contributed by atoms with Gasteiger partial charge >= 0.3 is 0 Å². The third-order valence-electron chi connectivity index (χ3n) is 13.4. The number of thioether (sulfide) groups is 1. The summed E-state index contributed by atoms with van der Waals surface area (Å²) in [6.45, 7) is 1.63. The molecule has 1 aromatic heterocycles. The largest absolute Gasteiger partial charge is 0.543 e. The molecule has 72 heavy (non-hydrogen) atoms. The average Bonchev–Trinajstić information content (AvgIpc) is 3.99. The number of oxime groups is 1. The Morgan fingerprint density at radius 3 is 2.22 bits per heavy atom. The van der Waals surface area contributed by atoms with Gasteiger partial charge in [0.05, 0.1) is 50.5 Å². The molecule has 0 radical (unpaired) electrons. The number of thiazole rings is 1. The molecule has 1 aromatic rings. The number of aliphatic hydroxyl groups is 8. The zero-order chi connectivity index (χ0) is 52.9. The number of nitrogen functional groups attached to an aromatic ring is 1. The van der Waals surface area contributed by atoms with E-state index in [1.54, 1.807) is 5.38 Å². The Hall–Kier alpha value is -3.81. The molecule has 1 aliphatic carbocycles. The predicted octanol–water partition coefficient (Wildman–Crippen LogP) is -9.70. The molecule has 4 saturated heterocycles. The maximum Gasteiger partial charge on any atom is 0.276 e. The molecule has 406 valence electrons. The molecule has 0 aromatic carbocycles. The third-order valence-corrected chi connectivity index (χ3v) is 15.4. The second-order valence-corrected chi connectivity index (χ2v) is 20.6. The van der Waals surface area contributed by atoms with Crippen LogP contribution in [0.15, 0.2) is 21.8 Å². The zero-order valence-corrected chi connectivity index (χ0v) is 41.0. The van der Waals surface area contributed by atoms with Gasteiger partial charge in [0.2, 0.25) is 5.91 Å². The number of hydrogen-bond acceptors (Lipinski definition) is 27. The van der Waals surface area contributed by atoms with E-state index in [2.05, 4.69) is 27.8 Å². The van der Waals surface area contributed by atoms with Crippen LogP contribution in [0, 0.1) is 0 Å². The lowest BCUT2D eigenvalue weighted by atomic mass is 9.83. The number of nitrogens with two attached hydrogens (primary N) is 5. The van der Waals surface area contributed by atoms with Crippen molar-refractivity contribution in [3.8, 4) is 0 Å². The van der Waals surface area contributed by atoms with Crippen molar-refractivity contribution in [1.82, 2.24) is 20.5 Å². The van der Waals surface area contributed by atoms with Crippen molar-refractivity contribution < 1.29 is 93.4 Å². The summed E-state index contributed by atoms with van der Waals surface area (Å²) < 4.78 is 23.3. The number of carbonyl (C=O) groups excluding carboxylic acids is 4. The highest BCUT2D eigenvalue weighted by atomic mass is 32.2. The average molecular weight is 1070 g/mol. The summed E-state index contributed by atoms with van der Waals surface area (Å²) in [6, 6.07) is -4.35. The molecule has 7 rings (SSSR count). The van der Waals surface area contributed by atoms with Gasteiger partial charge in [-0.05, 0) is 19.4 Å².